The van der Waals surface area contributed by atoms with Crippen LogP contribution in [0.25, 0.3) is 0 Å². The van der Waals surface area contributed by atoms with E-state index in [0.717, 1.165) is 63.8 Å². The Morgan fingerprint density at radius 3 is 2.52 bits per heavy atom. The lowest BCUT2D eigenvalue weighted by Gasteiger charge is -2.42. The summed E-state index contributed by atoms with van der Waals surface area (Å²) in [5.41, 5.74) is 2.19. The number of fused-ring (bicyclic) bond motifs is 1. The van der Waals surface area contributed by atoms with Gasteiger partial charge in [0.1, 0.15) is 0 Å². The molecule has 1 unspecified atom stereocenters. The van der Waals surface area contributed by atoms with Crippen LogP contribution in [0.1, 0.15) is 44.1 Å². The van der Waals surface area contributed by atoms with Crippen molar-refractivity contribution in [2.45, 2.75) is 57.0 Å². The number of nitrogens with one attached hydrogen (secondary N) is 1. The van der Waals surface area contributed by atoms with Crippen LogP contribution >= 0.6 is 0 Å². The normalized spacial score (nSPS) is 26.1. The van der Waals surface area contributed by atoms with E-state index in [2.05, 4.69) is 21.2 Å². The van der Waals surface area contributed by atoms with Gasteiger partial charge in [-0.3, -0.25) is 14.5 Å². The molecule has 5 heteroatoms. The van der Waals surface area contributed by atoms with Gasteiger partial charge >= 0.3 is 0 Å². The molecule has 3 heterocycles. The molecule has 0 bridgehead atoms. The predicted octanol–water partition coefficient (Wildman–Crippen LogP) is 2.42. The van der Waals surface area contributed by atoms with Gasteiger partial charge in [0.05, 0.1) is 6.04 Å². The Balaban J connectivity index is 1.38. The van der Waals surface area contributed by atoms with E-state index in [-0.39, 0.29) is 11.9 Å². The van der Waals surface area contributed by atoms with E-state index in [1.165, 1.54) is 5.56 Å². The highest BCUT2D eigenvalue weighted by molar-refractivity contribution is 5.96. The molecular weight excluding hydrogens is 314 g/mol. The minimum absolute atomic E-state index is 0.0505. The lowest BCUT2D eigenvalue weighted by atomic mass is 9.97. The lowest BCUT2D eigenvalue weighted by molar-refractivity contribution is -0.137. The number of hydrogen-bond acceptors (Lipinski definition) is 3. The summed E-state index contributed by atoms with van der Waals surface area (Å²) < 4.78 is 0. The molecule has 4 rings (SSSR count). The first-order valence-corrected chi connectivity index (χ1v) is 9.64. The van der Waals surface area contributed by atoms with Crippen LogP contribution < -0.4 is 5.32 Å². The van der Waals surface area contributed by atoms with Crippen molar-refractivity contribution in [2.75, 3.05) is 25.0 Å². The summed E-state index contributed by atoms with van der Waals surface area (Å²) in [4.78, 5) is 29.3. The molecule has 25 heavy (non-hydrogen) atoms. The number of aryl methyl sites for hydroxylation is 1. The summed E-state index contributed by atoms with van der Waals surface area (Å²) in [6.07, 6.45) is 6.67. The first kappa shape index (κ1) is 16.6. The van der Waals surface area contributed by atoms with Gasteiger partial charge in [0.25, 0.3) is 0 Å². The first-order valence-electron chi connectivity index (χ1n) is 9.64. The van der Waals surface area contributed by atoms with Gasteiger partial charge < -0.3 is 10.2 Å². The highest BCUT2D eigenvalue weighted by Crippen LogP contribution is 2.27. The van der Waals surface area contributed by atoms with Crippen molar-refractivity contribution in [1.82, 2.24) is 9.80 Å². The molecule has 0 aromatic heterocycles. The Labute approximate surface area is 149 Å². The first-order chi connectivity index (χ1) is 12.2. The molecule has 2 amide bonds. The maximum absolute atomic E-state index is 12.7. The van der Waals surface area contributed by atoms with E-state index >= 15 is 0 Å². The minimum atomic E-state index is -0.0505. The van der Waals surface area contributed by atoms with Crippen LogP contribution in [0.3, 0.4) is 0 Å². The molecule has 1 aromatic carbocycles. The van der Waals surface area contributed by atoms with Gasteiger partial charge in [-0.2, -0.15) is 0 Å². The Kier molecular flexibility index (Phi) is 4.75. The second-order valence-electron chi connectivity index (χ2n) is 7.51. The average molecular weight is 341 g/mol. The monoisotopic (exact) mass is 341 g/mol. The largest absolute Gasteiger partial charge is 0.340 e. The smallest absolute Gasteiger partial charge is 0.241 e. The Morgan fingerprint density at radius 2 is 1.72 bits per heavy atom. The fraction of sp³-hybridized carbons (Fsp3) is 0.600. The summed E-state index contributed by atoms with van der Waals surface area (Å²) in [6, 6.07) is 8.42. The zero-order chi connectivity index (χ0) is 17.2. The lowest BCUT2D eigenvalue weighted by Crippen LogP contribution is -2.53. The molecule has 0 saturated carbocycles. The highest BCUT2D eigenvalue weighted by atomic mass is 16.2. The van der Waals surface area contributed by atoms with Gasteiger partial charge in [0, 0.05) is 37.8 Å². The van der Waals surface area contributed by atoms with Crippen molar-refractivity contribution in [3.05, 3.63) is 29.8 Å². The fourth-order valence-electron chi connectivity index (χ4n) is 4.57. The number of carbonyl (C=O) groups excluding carboxylic acids is 2. The third-order valence-corrected chi connectivity index (χ3v) is 6.01. The number of para-hydroxylation sites is 1. The van der Waals surface area contributed by atoms with E-state index in [1.54, 1.807) is 0 Å². The number of hydrogen-bond donors (Lipinski definition) is 1. The van der Waals surface area contributed by atoms with Gasteiger partial charge in [-0.25, -0.2) is 0 Å². The maximum atomic E-state index is 12.7. The van der Waals surface area contributed by atoms with Crippen molar-refractivity contribution in [1.29, 1.82) is 0 Å². The van der Waals surface area contributed by atoms with Gasteiger partial charge in [-0.1, -0.05) is 18.2 Å². The molecule has 1 aromatic rings. The van der Waals surface area contributed by atoms with Gasteiger partial charge in [0.2, 0.25) is 11.8 Å². The average Bonchev–Trinajstić information content (AvgIpc) is 2.81. The number of likely N-dealkylation sites (tertiary alicyclic amines) is 2. The van der Waals surface area contributed by atoms with Gasteiger partial charge in [-0.05, 0) is 50.2 Å². The third kappa shape index (κ3) is 3.43. The SMILES string of the molecule is O=C1Nc2ccccc2CCC1N1CCC(N2CCCCC2=O)CC1. The highest BCUT2D eigenvalue weighted by Gasteiger charge is 2.34. The van der Waals surface area contributed by atoms with Crippen molar-refractivity contribution in [2.24, 2.45) is 0 Å². The number of amides is 2. The number of anilines is 1. The number of rotatable bonds is 2. The zero-order valence-corrected chi connectivity index (χ0v) is 14.7. The predicted molar refractivity (Wildman–Crippen MR) is 97.3 cm³/mol. The molecule has 3 aliphatic rings. The molecule has 2 fully saturated rings. The Hall–Kier alpha value is -1.88. The van der Waals surface area contributed by atoms with Crippen molar-refractivity contribution < 1.29 is 9.59 Å². The van der Waals surface area contributed by atoms with Crippen molar-refractivity contribution in [3.8, 4) is 0 Å². The standard InChI is InChI=1S/C20H27N3O2/c24-19-7-3-4-12-23(19)16-10-13-22(14-11-16)18-9-8-15-5-1-2-6-17(15)21-20(18)25/h1-2,5-6,16,18H,3-4,7-14H2,(H,21,25). The number of carbonyl (C=O) groups is 2. The van der Waals surface area contributed by atoms with Crippen LogP contribution in [0.15, 0.2) is 24.3 Å². The van der Waals surface area contributed by atoms with Crippen LogP contribution in [0.4, 0.5) is 5.69 Å². The summed E-state index contributed by atoms with van der Waals surface area (Å²) in [6.45, 7) is 2.73. The molecular formula is C20H27N3O2. The van der Waals surface area contributed by atoms with Gasteiger partial charge in [0.15, 0.2) is 0 Å². The van der Waals surface area contributed by atoms with Crippen LogP contribution in [-0.2, 0) is 16.0 Å². The van der Waals surface area contributed by atoms with E-state index in [9.17, 15) is 9.59 Å². The number of piperidine rings is 2. The summed E-state index contributed by atoms with van der Waals surface area (Å²) in [7, 11) is 0. The van der Waals surface area contributed by atoms with Crippen LogP contribution in [0.5, 0.6) is 0 Å². The van der Waals surface area contributed by atoms with Crippen molar-refractivity contribution >= 4 is 17.5 Å². The maximum Gasteiger partial charge on any atom is 0.241 e. The second-order valence-corrected chi connectivity index (χ2v) is 7.51. The molecule has 134 valence electrons. The molecule has 0 radical (unpaired) electrons. The molecule has 5 nitrogen and oxygen atoms in total. The molecule has 0 spiro atoms. The summed E-state index contributed by atoms with van der Waals surface area (Å²) in [5.74, 6) is 0.449. The number of nitrogens with zero attached hydrogens (tertiary/aromatic N) is 2. The Bertz CT molecular complexity index is 652. The molecule has 2 saturated heterocycles. The quantitative estimate of drug-likeness (QED) is 0.899. The Morgan fingerprint density at radius 1 is 0.920 bits per heavy atom. The zero-order valence-electron chi connectivity index (χ0n) is 14.7. The fourth-order valence-corrected chi connectivity index (χ4v) is 4.57. The van der Waals surface area contributed by atoms with E-state index < -0.39 is 0 Å². The van der Waals surface area contributed by atoms with E-state index in [1.807, 2.05) is 18.2 Å². The molecule has 0 aliphatic carbocycles. The van der Waals surface area contributed by atoms with Crippen LogP contribution in [-0.4, -0.2) is 53.3 Å². The molecule has 1 N–H and O–H groups in total. The minimum Gasteiger partial charge on any atom is -0.340 e. The van der Waals surface area contributed by atoms with Crippen LogP contribution in [0.2, 0.25) is 0 Å². The van der Waals surface area contributed by atoms with Gasteiger partial charge in [-0.15, -0.1) is 0 Å². The third-order valence-electron chi connectivity index (χ3n) is 6.01. The summed E-state index contributed by atoms with van der Waals surface area (Å²) >= 11 is 0. The molecule has 1 atom stereocenters. The van der Waals surface area contributed by atoms with E-state index in [0.29, 0.717) is 18.4 Å². The second kappa shape index (κ2) is 7.16. The van der Waals surface area contributed by atoms with Crippen molar-refractivity contribution in [3.63, 3.8) is 0 Å². The number of benzene rings is 1. The topological polar surface area (TPSA) is 52.7 Å². The van der Waals surface area contributed by atoms with Crippen LogP contribution in [0, 0.1) is 0 Å². The summed E-state index contributed by atoms with van der Waals surface area (Å²) in [5, 5.41) is 3.11. The van der Waals surface area contributed by atoms with E-state index in [4.69, 9.17) is 0 Å². The molecule has 3 aliphatic heterocycles.